The van der Waals surface area contributed by atoms with Crippen molar-refractivity contribution in [2.45, 2.75) is 52.9 Å². The fourth-order valence-electron chi connectivity index (χ4n) is 5.27. The molecule has 5 atom stereocenters. The van der Waals surface area contributed by atoms with Gasteiger partial charge in [0.25, 0.3) is 0 Å². The number of hydrogen-bond donors (Lipinski definition) is 0. The van der Waals surface area contributed by atoms with E-state index >= 15 is 0 Å². The van der Waals surface area contributed by atoms with Crippen LogP contribution < -0.4 is 0 Å². The largest absolute Gasteiger partial charge is 0.0879 e. The molecule has 0 radical (unpaired) electrons. The van der Waals surface area contributed by atoms with Crippen LogP contribution in [0.15, 0.2) is 12.2 Å². The van der Waals surface area contributed by atoms with Crippen LogP contribution in [0.3, 0.4) is 0 Å². The van der Waals surface area contributed by atoms with Crippen LogP contribution in [0.25, 0.3) is 0 Å². The highest BCUT2D eigenvalue weighted by Crippen LogP contribution is 2.63. The molecule has 90 valence electrons. The van der Waals surface area contributed by atoms with Crippen LogP contribution in [-0.4, -0.2) is 0 Å². The summed E-state index contributed by atoms with van der Waals surface area (Å²) in [5.74, 6) is 5.15. The Morgan fingerprint density at radius 3 is 2.75 bits per heavy atom. The van der Waals surface area contributed by atoms with E-state index in [0.717, 1.165) is 29.6 Å². The van der Waals surface area contributed by atoms with Crippen LogP contribution in [0.2, 0.25) is 0 Å². The van der Waals surface area contributed by atoms with Gasteiger partial charge in [0.2, 0.25) is 0 Å². The number of rotatable bonds is 3. The van der Waals surface area contributed by atoms with E-state index in [2.05, 4.69) is 32.9 Å². The van der Waals surface area contributed by atoms with E-state index in [1.165, 1.54) is 19.3 Å². The van der Waals surface area contributed by atoms with Crippen molar-refractivity contribution in [1.82, 2.24) is 0 Å². The third-order valence-corrected chi connectivity index (χ3v) is 5.91. The Kier molecular flexibility index (Phi) is 2.46. The first-order valence-electron chi connectivity index (χ1n) is 7.30. The first-order chi connectivity index (χ1) is 7.63. The lowest BCUT2D eigenvalue weighted by Gasteiger charge is -2.41. The van der Waals surface area contributed by atoms with Gasteiger partial charge in [0.1, 0.15) is 0 Å². The summed E-state index contributed by atoms with van der Waals surface area (Å²) in [4.78, 5) is 0. The van der Waals surface area contributed by atoms with Gasteiger partial charge < -0.3 is 0 Å². The fourth-order valence-corrected chi connectivity index (χ4v) is 5.27. The first kappa shape index (κ1) is 10.9. The van der Waals surface area contributed by atoms with Crippen molar-refractivity contribution >= 4 is 0 Å². The van der Waals surface area contributed by atoms with E-state index in [1.54, 1.807) is 12.8 Å². The second kappa shape index (κ2) is 3.62. The van der Waals surface area contributed by atoms with E-state index < -0.39 is 0 Å². The molecular weight excluding hydrogens is 192 g/mol. The standard InChI is InChI=1S/C16H26/c1-4-8-16(2,3)15-10-11-9-14(15)13-7-5-6-12(11)13/h5,7,11-15H,4,6,8-10H2,1-3H3. The Hall–Kier alpha value is -0.260. The van der Waals surface area contributed by atoms with Crippen molar-refractivity contribution in [3.63, 3.8) is 0 Å². The molecule has 3 aliphatic rings. The van der Waals surface area contributed by atoms with Crippen LogP contribution in [0.4, 0.5) is 0 Å². The zero-order valence-electron chi connectivity index (χ0n) is 11.1. The molecule has 5 unspecified atom stereocenters. The minimum Gasteiger partial charge on any atom is -0.0879 e. The molecule has 0 heteroatoms. The highest BCUT2D eigenvalue weighted by molar-refractivity contribution is 5.15. The molecule has 0 saturated heterocycles. The summed E-state index contributed by atoms with van der Waals surface area (Å²) >= 11 is 0. The Labute approximate surface area is 101 Å². The summed E-state index contributed by atoms with van der Waals surface area (Å²) in [6.07, 6.45) is 12.3. The fraction of sp³-hybridized carbons (Fsp3) is 0.875. The smallest absolute Gasteiger partial charge is 0.0168 e. The second-order valence-electron chi connectivity index (χ2n) is 7.15. The van der Waals surface area contributed by atoms with Gasteiger partial charge in [-0.1, -0.05) is 39.3 Å². The number of allylic oxidation sites excluding steroid dienone is 2. The molecule has 16 heavy (non-hydrogen) atoms. The van der Waals surface area contributed by atoms with Crippen LogP contribution in [0.5, 0.6) is 0 Å². The lowest BCUT2D eigenvalue weighted by molar-refractivity contribution is 0.0868. The van der Waals surface area contributed by atoms with Gasteiger partial charge in [-0.25, -0.2) is 0 Å². The van der Waals surface area contributed by atoms with Crippen LogP contribution >= 0.6 is 0 Å². The maximum Gasteiger partial charge on any atom is -0.0168 e. The molecule has 0 aliphatic heterocycles. The SMILES string of the molecule is CCCC(C)(C)C1CC2CC1C1C=CCC21. The van der Waals surface area contributed by atoms with Gasteiger partial charge in [-0.2, -0.15) is 0 Å². The highest BCUT2D eigenvalue weighted by Gasteiger charge is 2.55. The third kappa shape index (κ3) is 1.41. The summed E-state index contributed by atoms with van der Waals surface area (Å²) in [5, 5.41) is 0. The Balaban J connectivity index is 1.78. The minimum absolute atomic E-state index is 0.593. The first-order valence-corrected chi connectivity index (χ1v) is 7.30. The molecule has 2 bridgehead atoms. The molecule has 0 N–H and O–H groups in total. The van der Waals surface area contributed by atoms with Crippen molar-refractivity contribution in [1.29, 1.82) is 0 Å². The van der Waals surface area contributed by atoms with Gasteiger partial charge >= 0.3 is 0 Å². The van der Waals surface area contributed by atoms with Crippen molar-refractivity contribution in [3.05, 3.63) is 12.2 Å². The third-order valence-electron chi connectivity index (χ3n) is 5.91. The molecule has 3 rings (SSSR count). The van der Waals surface area contributed by atoms with Gasteiger partial charge in [0, 0.05) is 0 Å². The molecule has 0 heterocycles. The van der Waals surface area contributed by atoms with E-state index in [-0.39, 0.29) is 0 Å². The van der Waals surface area contributed by atoms with Crippen LogP contribution in [-0.2, 0) is 0 Å². The lowest BCUT2D eigenvalue weighted by Crippen LogP contribution is -2.34. The molecule has 0 aromatic rings. The molecule has 0 spiro atoms. The molecule has 3 aliphatic carbocycles. The molecule has 2 saturated carbocycles. The van der Waals surface area contributed by atoms with E-state index in [0.29, 0.717) is 5.41 Å². The molecular formula is C16H26. The van der Waals surface area contributed by atoms with Gasteiger partial charge in [0.05, 0.1) is 0 Å². The molecule has 0 nitrogen and oxygen atoms in total. The van der Waals surface area contributed by atoms with Crippen LogP contribution in [0, 0.1) is 35.0 Å². The summed E-state index contributed by atoms with van der Waals surface area (Å²) in [6, 6.07) is 0. The van der Waals surface area contributed by atoms with Gasteiger partial charge in [-0.05, 0) is 60.7 Å². The maximum absolute atomic E-state index is 2.56. The zero-order chi connectivity index (χ0) is 11.3. The van der Waals surface area contributed by atoms with E-state index in [4.69, 9.17) is 0 Å². The van der Waals surface area contributed by atoms with Crippen molar-refractivity contribution < 1.29 is 0 Å². The maximum atomic E-state index is 2.56. The van der Waals surface area contributed by atoms with E-state index in [9.17, 15) is 0 Å². The van der Waals surface area contributed by atoms with Crippen molar-refractivity contribution in [2.24, 2.45) is 35.0 Å². The molecule has 0 aromatic carbocycles. The quantitative estimate of drug-likeness (QED) is 0.604. The predicted octanol–water partition coefficient (Wildman–Crippen LogP) is 4.66. The summed E-state index contributed by atoms with van der Waals surface area (Å²) in [7, 11) is 0. The molecule has 0 amide bonds. The van der Waals surface area contributed by atoms with Gasteiger partial charge in [-0.15, -0.1) is 0 Å². The number of fused-ring (bicyclic) bond motifs is 5. The summed E-state index contributed by atoms with van der Waals surface area (Å²) in [5.41, 5.74) is 0.593. The normalized spacial score (nSPS) is 45.3. The monoisotopic (exact) mass is 218 g/mol. The topological polar surface area (TPSA) is 0 Å². The average Bonchev–Trinajstić information content (AvgIpc) is 2.90. The lowest BCUT2D eigenvalue weighted by atomic mass is 9.64. The Morgan fingerprint density at radius 1 is 1.19 bits per heavy atom. The van der Waals surface area contributed by atoms with Crippen molar-refractivity contribution in [3.8, 4) is 0 Å². The van der Waals surface area contributed by atoms with Crippen LogP contribution in [0.1, 0.15) is 52.9 Å². The molecule has 0 aromatic heterocycles. The Bertz CT molecular complexity index is 299. The van der Waals surface area contributed by atoms with Crippen molar-refractivity contribution in [2.75, 3.05) is 0 Å². The van der Waals surface area contributed by atoms with Gasteiger partial charge in [0.15, 0.2) is 0 Å². The summed E-state index contributed by atoms with van der Waals surface area (Å²) < 4.78 is 0. The zero-order valence-corrected chi connectivity index (χ0v) is 11.1. The number of hydrogen-bond acceptors (Lipinski definition) is 0. The highest BCUT2D eigenvalue weighted by atomic mass is 14.6. The minimum atomic E-state index is 0.593. The van der Waals surface area contributed by atoms with Gasteiger partial charge in [-0.3, -0.25) is 0 Å². The van der Waals surface area contributed by atoms with E-state index in [1.807, 2.05) is 0 Å². The Morgan fingerprint density at radius 2 is 2.00 bits per heavy atom. The second-order valence-corrected chi connectivity index (χ2v) is 7.15. The molecule has 2 fully saturated rings. The predicted molar refractivity (Wildman–Crippen MR) is 69.1 cm³/mol. The summed E-state index contributed by atoms with van der Waals surface area (Å²) in [6.45, 7) is 7.39. The average molecular weight is 218 g/mol.